The van der Waals surface area contributed by atoms with Crippen LogP contribution in [-0.4, -0.2) is 62.6 Å². The number of aliphatic hydroxyl groups excluding tert-OH is 2. The minimum Gasteiger partial charge on any atom is -0.449 e. The molecule has 2 saturated carbocycles. The van der Waals surface area contributed by atoms with Gasteiger partial charge in [0.25, 0.3) is 0 Å². The number of allylic oxidation sites excluding steroid dienone is 2. The van der Waals surface area contributed by atoms with Crippen molar-refractivity contribution in [3.05, 3.63) is 47.3 Å². The molecule has 0 spiro atoms. The van der Waals surface area contributed by atoms with Crippen LogP contribution in [0.5, 0.6) is 0 Å². The zero-order valence-electron chi connectivity index (χ0n) is 24.9. The van der Waals surface area contributed by atoms with E-state index in [1.54, 1.807) is 12.1 Å². The number of anilines is 1. The number of aromatic nitrogens is 3. The zero-order chi connectivity index (χ0) is 30.5. The number of nitriles is 1. The zero-order valence-corrected chi connectivity index (χ0v) is 24.9. The molecule has 1 aromatic heterocycles. The largest absolute Gasteiger partial charge is 0.449 e. The quantitative estimate of drug-likeness (QED) is 0.306. The summed E-state index contributed by atoms with van der Waals surface area (Å²) < 4.78 is 7.48. The Hall–Kier alpha value is -3.75. The number of hydrogen-bond acceptors (Lipinski definition) is 8. The fourth-order valence-electron chi connectivity index (χ4n) is 6.95. The lowest BCUT2D eigenvalue weighted by atomic mass is 9.99. The first kappa shape index (κ1) is 30.7. The number of hydrogen-bond donors (Lipinski definition) is 4. The van der Waals surface area contributed by atoms with E-state index < -0.39 is 18.3 Å². The number of aryl methyl sites for hydroxylation is 1. The number of benzene rings is 1. The number of rotatable bonds is 10. The maximum atomic E-state index is 12.5. The molecule has 1 aromatic carbocycles. The fraction of sp³-hybridized carbons (Fsp3) is 0.594. The van der Waals surface area contributed by atoms with E-state index in [1.165, 1.54) is 6.08 Å². The number of nitrogens with one attached hydrogen (secondary N) is 2. The summed E-state index contributed by atoms with van der Waals surface area (Å²) in [5.41, 5.74) is 4.47. The minimum atomic E-state index is -0.928. The van der Waals surface area contributed by atoms with Crippen LogP contribution >= 0.6 is 0 Å². The molecule has 0 aliphatic heterocycles. The molecule has 2 amide bonds. The number of amides is 2. The highest BCUT2D eigenvalue weighted by Gasteiger charge is 2.50. The third-order valence-corrected chi connectivity index (χ3v) is 9.48. The van der Waals surface area contributed by atoms with Gasteiger partial charge >= 0.3 is 6.09 Å². The highest BCUT2D eigenvalue weighted by molar-refractivity contribution is 5.85. The monoisotopic (exact) mass is 590 g/mol. The number of fused-ring (bicyclic) bond motifs is 2. The van der Waals surface area contributed by atoms with Gasteiger partial charge in [0.05, 0.1) is 36.3 Å². The highest BCUT2D eigenvalue weighted by atomic mass is 16.5. The molecule has 43 heavy (non-hydrogen) atoms. The van der Waals surface area contributed by atoms with Gasteiger partial charge in [-0.1, -0.05) is 24.3 Å². The van der Waals surface area contributed by atoms with Crippen LogP contribution in [0.4, 0.5) is 10.5 Å². The van der Waals surface area contributed by atoms with E-state index in [0.29, 0.717) is 49.6 Å². The second-order valence-electron chi connectivity index (χ2n) is 12.3. The summed E-state index contributed by atoms with van der Waals surface area (Å²) in [7, 11) is 0. The SMILES string of the molecule is CCCNC(=O)C[C@H]1C[C@H](Cn2nnc3c2CCC2C(CC3)C2COC(=O)Nc2ccc(/C(C)=C/C#N)cc2)[C@@H](O)[C@H]1O. The molecule has 0 saturated heterocycles. The maximum absolute atomic E-state index is 12.5. The summed E-state index contributed by atoms with van der Waals surface area (Å²) in [5.74, 6) is 0.730. The van der Waals surface area contributed by atoms with Gasteiger partial charge in [0.15, 0.2) is 0 Å². The molecule has 0 bridgehead atoms. The summed E-state index contributed by atoms with van der Waals surface area (Å²) >= 11 is 0. The molecule has 3 unspecified atom stereocenters. The van der Waals surface area contributed by atoms with Crippen molar-refractivity contribution in [3.63, 3.8) is 0 Å². The van der Waals surface area contributed by atoms with Crippen LogP contribution in [0.2, 0.25) is 0 Å². The first-order valence-electron chi connectivity index (χ1n) is 15.4. The predicted octanol–water partition coefficient (Wildman–Crippen LogP) is 3.47. The number of carbonyl (C=O) groups excluding carboxylic acids is 2. The Morgan fingerprint density at radius 1 is 1.14 bits per heavy atom. The van der Waals surface area contributed by atoms with Gasteiger partial charge in [-0.3, -0.25) is 10.1 Å². The second kappa shape index (κ2) is 13.7. The van der Waals surface area contributed by atoms with E-state index in [0.717, 1.165) is 54.6 Å². The molecule has 7 atom stereocenters. The normalized spacial score (nSPS) is 28.1. The smallest absolute Gasteiger partial charge is 0.411 e. The first-order chi connectivity index (χ1) is 20.8. The Kier molecular flexibility index (Phi) is 9.78. The standard InChI is InChI=1S/C32H42N6O5/c1-3-14-34-29(39)16-21-15-22(31(41)30(21)40)17-38-28-11-9-25-24(8-10-27(28)36-37-38)26(25)18-43-32(42)35-23-6-4-20(5-7-23)19(2)12-13-33/h4-7,12,21-22,24-26,30-31,40-41H,3,8-11,14-18H2,1-2H3,(H,34,39)(H,35,42)/b19-12+/t21-,22-,24?,25?,26?,30+,31-/m1/s1. The predicted molar refractivity (Wildman–Crippen MR) is 159 cm³/mol. The van der Waals surface area contributed by atoms with Crippen LogP contribution in [0, 0.1) is 40.9 Å². The third kappa shape index (κ3) is 7.25. The van der Waals surface area contributed by atoms with Crippen molar-refractivity contribution in [2.45, 2.75) is 77.5 Å². The average Bonchev–Trinajstić information content (AvgIpc) is 3.39. The maximum Gasteiger partial charge on any atom is 0.411 e. The Morgan fingerprint density at radius 3 is 2.58 bits per heavy atom. The van der Waals surface area contributed by atoms with Gasteiger partial charge in [-0.15, -0.1) is 5.10 Å². The minimum absolute atomic E-state index is 0.0886. The number of ether oxygens (including phenoxy) is 1. The molecule has 3 aliphatic carbocycles. The highest BCUT2D eigenvalue weighted by Crippen LogP contribution is 2.53. The molecule has 2 fully saturated rings. The van der Waals surface area contributed by atoms with Gasteiger partial charge in [0.2, 0.25) is 5.91 Å². The first-order valence-corrected chi connectivity index (χ1v) is 15.4. The lowest BCUT2D eigenvalue weighted by Crippen LogP contribution is -2.33. The van der Waals surface area contributed by atoms with E-state index in [9.17, 15) is 19.8 Å². The molecule has 2 aromatic rings. The molecule has 11 nitrogen and oxygen atoms in total. The number of nitrogens with zero attached hydrogens (tertiary/aromatic N) is 4. The van der Waals surface area contributed by atoms with Crippen molar-refractivity contribution in [1.29, 1.82) is 5.26 Å². The summed E-state index contributed by atoms with van der Waals surface area (Å²) in [6.45, 7) is 5.30. The lowest BCUT2D eigenvalue weighted by Gasteiger charge is -2.18. The molecular formula is C32H42N6O5. The van der Waals surface area contributed by atoms with Crippen molar-refractivity contribution in [2.75, 3.05) is 18.5 Å². The summed E-state index contributed by atoms with van der Waals surface area (Å²) in [6.07, 6.45) is 4.33. The van der Waals surface area contributed by atoms with Crippen molar-refractivity contribution >= 4 is 23.3 Å². The summed E-state index contributed by atoms with van der Waals surface area (Å²) in [6, 6.07) is 9.32. The Balaban J connectivity index is 1.10. The molecule has 11 heteroatoms. The van der Waals surface area contributed by atoms with Crippen LogP contribution in [0.1, 0.15) is 62.9 Å². The second-order valence-corrected chi connectivity index (χ2v) is 12.3. The van der Waals surface area contributed by atoms with Crippen LogP contribution in [0.3, 0.4) is 0 Å². The Labute approximate surface area is 252 Å². The van der Waals surface area contributed by atoms with Gasteiger partial charge in [0, 0.05) is 37.2 Å². The molecule has 4 N–H and O–H groups in total. The van der Waals surface area contributed by atoms with Gasteiger partial charge < -0.3 is 20.3 Å². The van der Waals surface area contributed by atoms with E-state index in [-0.39, 0.29) is 24.2 Å². The van der Waals surface area contributed by atoms with Gasteiger partial charge in [-0.2, -0.15) is 5.26 Å². The van der Waals surface area contributed by atoms with Gasteiger partial charge in [-0.05, 0) is 92.4 Å². The molecular weight excluding hydrogens is 548 g/mol. The van der Waals surface area contributed by atoms with E-state index in [4.69, 9.17) is 10.00 Å². The van der Waals surface area contributed by atoms with Crippen molar-refractivity contribution in [1.82, 2.24) is 20.3 Å². The van der Waals surface area contributed by atoms with Crippen LogP contribution < -0.4 is 10.6 Å². The van der Waals surface area contributed by atoms with Crippen molar-refractivity contribution in [2.24, 2.45) is 29.6 Å². The molecule has 5 rings (SSSR count). The van der Waals surface area contributed by atoms with Crippen molar-refractivity contribution < 1.29 is 24.5 Å². The van der Waals surface area contributed by atoms with Crippen LogP contribution in [0.25, 0.3) is 5.57 Å². The van der Waals surface area contributed by atoms with Crippen LogP contribution in [0.15, 0.2) is 30.3 Å². The van der Waals surface area contributed by atoms with Crippen molar-refractivity contribution in [3.8, 4) is 6.07 Å². The van der Waals surface area contributed by atoms with E-state index >= 15 is 0 Å². The van der Waals surface area contributed by atoms with E-state index in [1.807, 2.05) is 36.7 Å². The fourth-order valence-corrected chi connectivity index (χ4v) is 6.95. The Bertz CT molecular complexity index is 1370. The van der Waals surface area contributed by atoms with Gasteiger partial charge in [-0.25, -0.2) is 9.48 Å². The summed E-state index contributed by atoms with van der Waals surface area (Å²) in [5, 5.41) is 44.7. The summed E-state index contributed by atoms with van der Waals surface area (Å²) in [4.78, 5) is 24.7. The molecule has 230 valence electrons. The average molecular weight is 591 g/mol. The number of carbonyl (C=O) groups is 2. The Morgan fingerprint density at radius 2 is 1.86 bits per heavy atom. The lowest BCUT2D eigenvalue weighted by molar-refractivity contribution is -0.123. The van der Waals surface area contributed by atoms with Crippen LogP contribution in [-0.2, 0) is 28.9 Å². The molecule has 0 radical (unpaired) electrons. The van der Waals surface area contributed by atoms with E-state index in [2.05, 4.69) is 20.9 Å². The topological polar surface area (TPSA) is 162 Å². The third-order valence-electron chi connectivity index (χ3n) is 9.48. The molecule has 3 aliphatic rings. The molecule has 1 heterocycles. The van der Waals surface area contributed by atoms with Gasteiger partial charge in [0.1, 0.15) is 0 Å². The number of aliphatic hydroxyl groups is 2.